The van der Waals surface area contributed by atoms with Crippen molar-refractivity contribution in [3.8, 4) is 0 Å². The number of hydrogen-bond acceptors (Lipinski definition) is 7. The maximum Gasteiger partial charge on any atom is 1.00 e. The summed E-state index contributed by atoms with van der Waals surface area (Å²) in [5.74, 6) is -4.70. The van der Waals surface area contributed by atoms with E-state index in [4.69, 9.17) is 0 Å². The Hall–Kier alpha value is 1.37. The molecule has 0 saturated carbocycles. The predicted octanol–water partition coefficient (Wildman–Crippen LogP) is -14.1. The Balaban J connectivity index is -0.000000282. The first-order chi connectivity index (χ1) is 6.34. The second-order valence-corrected chi connectivity index (χ2v) is 2.64. The largest absolute Gasteiger partial charge is 1.00 e. The first kappa shape index (κ1) is 26.8. The fourth-order valence-corrected chi connectivity index (χ4v) is 0.810. The fraction of sp³-hybridized carbons (Fsp3) is 0.571. The Morgan fingerprint density at radius 2 is 1.24 bits per heavy atom. The van der Waals surface area contributed by atoms with Gasteiger partial charge in [0.25, 0.3) is 0 Å². The molecule has 0 bridgehead atoms. The van der Waals surface area contributed by atoms with Crippen molar-refractivity contribution < 1.29 is 118 Å². The van der Waals surface area contributed by atoms with Gasteiger partial charge in [0.05, 0.1) is 17.9 Å². The van der Waals surface area contributed by atoms with Gasteiger partial charge in [0.15, 0.2) is 0 Å². The minimum absolute atomic E-state index is 0. The number of hydrogen-bond donors (Lipinski definition) is 0. The molecule has 0 aliphatic carbocycles. The maximum absolute atomic E-state index is 10.3. The topological polar surface area (TPSA) is 124 Å². The van der Waals surface area contributed by atoms with E-state index < -0.39 is 37.0 Å². The van der Waals surface area contributed by atoms with Crippen molar-refractivity contribution in [1.29, 1.82) is 0 Å². The molecule has 80 valence electrons. The van der Waals surface area contributed by atoms with Crippen LogP contribution in [0.15, 0.2) is 0 Å². The van der Waals surface area contributed by atoms with Gasteiger partial charge in [-0.15, -0.1) is 0 Å². The molecule has 10 heteroatoms. The van der Waals surface area contributed by atoms with Gasteiger partial charge in [-0.1, -0.05) is 0 Å². The van der Waals surface area contributed by atoms with Crippen molar-refractivity contribution in [2.75, 3.05) is 13.1 Å². The van der Waals surface area contributed by atoms with Crippen LogP contribution in [0.25, 0.3) is 0 Å². The van der Waals surface area contributed by atoms with Crippen LogP contribution in [-0.4, -0.2) is 41.9 Å². The molecule has 0 unspecified atom stereocenters. The van der Waals surface area contributed by atoms with Gasteiger partial charge in [0.2, 0.25) is 0 Å². The summed E-state index contributed by atoms with van der Waals surface area (Å²) in [7, 11) is 0. The predicted molar refractivity (Wildman–Crippen MR) is 36.1 cm³/mol. The summed E-state index contributed by atoms with van der Waals surface area (Å²) in [6.07, 6.45) is 0. The van der Waals surface area contributed by atoms with Crippen molar-refractivity contribution >= 4 is 17.9 Å². The fourth-order valence-electron chi connectivity index (χ4n) is 0.810. The molecule has 0 aromatic carbocycles. The molecule has 1 atom stereocenters. The smallest absolute Gasteiger partial charge is 0.549 e. The monoisotopic (exact) mass is 271 g/mol. The van der Waals surface area contributed by atoms with Crippen LogP contribution in [0.5, 0.6) is 0 Å². The van der Waals surface area contributed by atoms with Gasteiger partial charge < -0.3 is 29.7 Å². The van der Waals surface area contributed by atoms with Gasteiger partial charge in [0, 0.05) is 19.1 Å². The maximum atomic E-state index is 10.3. The average Bonchev–Trinajstić information content (AvgIpc) is 1.99. The normalized spacial score (nSPS) is 10.2. The van der Waals surface area contributed by atoms with Gasteiger partial charge >= 0.3 is 88.7 Å². The summed E-state index contributed by atoms with van der Waals surface area (Å²) in [5, 5.41) is 30.6. The van der Waals surface area contributed by atoms with Crippen LogP contribution in [0.4, 0.5) is 0 Å². The van der Waals surface area contributed by atoms with Crippen LogP contribution in [0.1, 0.15) is 6.92 Å². The summed E-state index contributed by atoms with van der Waals surface area (Å²) in [4.78, 5) is 31.3. The minimum atomic E-state index is -1.57. The molecule has 7 nitrogen and oxygen atoms in total. The van der Waals surface area contributed by atoms with E-state index in [1.807, 2.05) is 0 Å². The van der Waals surface area contributed by atoms with Crippen molar-refractivity contribution in [3.05, 3.63) is 0 Å². The number of aliphatic carboxylic acids is 3. The van der Waals surface area contributed by atoms with E-state index in [0.29, 0.717) is 4.90 Å². The third-order valence-corrected chi connectivity index (χ3v) is 1.55. The Bertz CT molecular complexity index is 246. The summed E-state index contributed by atoms with van der Waals surface area (Å²) < 4.78 is 0. The molecule has 0 aromatic rings. The van der Waals surface area contributed by atoms with Crippen LogP contribution in [0.2, 0.25) is 0 Å². The number of carboxylic acids is 3. The van der Waals surface area contributed by atoms with E-state index in [2.05, 4.69) is 0 Å². The van der Waals surface area contributed by atoms with Gasteiger partial charge in [-0.05, 0) is 6.92 Å². The Labute approximate surface area is 165 Å². The third kappa shape index (κ3) is 13.6. The summed E-state index contributed by atoms with van der Waals surface area (Å²) in [5.41, 5.74) is 0. The molecule has 0 spiro atoms. The Morgan fingerprint density at radius 1 is 0.941 bits per heavy atom. The zero-order chi connectivity index (χ0) is 11.3. The number of nitrogens with zero attached hydrogens (tertiary/aromatic N) is 1. The van der Waals surface area contributed by atoms with Crippen LogP contribution in [-0.2, 0) is 14.4 Å². The van der Waals surface area contributed by atoms with Crippen molar-refractivity contribution in [1.82, 2.24) is 4.90 Å². The van der Waals surface area contributed by atoms with E-state index in [-0.39, 0.29) is 88.7 Å². The summed E-state index contributed by atoms with van der Waals surface area (Å²) in [6, 6.07) is -1.33. The molecule has 0 heterocycles. The summed E-state index contributed by atoms with van der Waals surface area (Å²) in [6.45, 7) is -0.493. The molecule has 0 aromatic heterocycles. The number of carbonyl (C=O) groups excluding carboxylic acids is 3. The molecule has 0 rings (SSSR count). The third-order valence-electron chi connectivity index (χ3n) is 1.55. The van der Waals surface area contributed by atoms with E-state index in [0.717, 1.165) is 6.92 Å². The summed E-state index contributed by atoms with van der Waals surface area (Å²) >= 11 is 0. The molecule has 0 radical (unpaired) electrons. The molecular weight excluding hydrogens is 263 g/mol. The molecular formula is C7H8NNa3O6. The van der Waals surface area contributed by atoms with Crippen LogP contribution >= 0.6 is 0 Å². The zero-order valence-corrected chi connectivity index (χ0v) is 16.4. The molecule has 0 aliphatic rings. The van der Waals surface area contributed by atoms with Crippen molar-refractivity contribution in [3.63, 3.8) is 0 Å². The molecule has 0 fully saturated rings. The van der Waals surface area contributed by atoms with E-state index in [9.17, 15) is 29.7 Å². The number of carboxylic acid groups (broad SMARTS) is 3. The second-order valence-electron chi connectivity index (χ2n) is 2.64. The molecule has 0 amide bonds. The number of carbonyl (C=O) groups is 3. The minimum Gasteiger partial charge on any atom is -0.549 e. The molecule has 0 aliphatic heterocycles. The van der Waals surface area contributed by atoms with Crippen LogP contribution in [0, 0.1) is 0 Å². The van der Waals surface area contributed by atoms with Gasteiger partial charge in [-0.2, -0.15) is 0 Å². The zero-order valence-electron chi connectivity index (χ0n) is 10.4. The molecule has 0 N–H and O–H groups in total. The standard InChI is InChI=1S/C7H11NO6.3Na/c1-4(7(13)14)8(2-5(9)10)3-6(11)12;;;/h4H,2-3H2,1H3,(H,9,10)(H,11,12)(H,13,14);;;/q;3*+1/p-3/t4-;;;/m0.../s1. The van der Waals surface area contributed by atoms with Gasteiger partial charge in [-0.3, -0.25) is 4.90 Å². The second kappa shape index (κ2) is 13.8. The first-order valence-corrected chi connectivity index (χ1v) is 3.69. The SMILES string of the molecule is C[C@@H](C(=O)[O-])N(CC(=O)[O-])CC(=O)[O-].[Na+].[Na+].[Na+]. The Kier molecular flexibility index (Phi) is 21.8. The quantitative estimate of drug-likeness (QED) is 0.439. The van der Waals surface area contributed by atoms with E-state index in [1.54, 1.807) is 0 Å². The van der Waals surface area contributed by atoms with E-state index in [1.165, 1.54) is 0 Å². The van der Waals surface area contributed by atoms with Gasteiger partial charge in [0.1, 0.15) is 0 Å². The van der Waals surface area contributed by atoms with E-state index >= 15 is 0 Å². The number of rotatable bonds is 6. The van der Waals surface area contributed by atoms with Gasteiger partial charge in [-0.25, -0.2) is 0 Å². The van der Waals surface area contributed by atoms with Crippen LogP contribution in [0.3, 0.4) is 0 Å². The average molecular weight is 271 g/mol. The van der Waals surface area contributed by atoms with Crippen molar-refractivity contribution in [2.24, 2.45) is 0 Å². The molecule has 0 saturated heterocycles. The first-order valence-electron chi connectivity index (χ1n) is 3.69. The molecule has 17 heavy (non-hydrogen) atoms. The van der Waals surface area contributed by atoms with Crippen molar-refractivity contribution in [2.45, 2.75) is 13.0 Å². The Morgan fingerprint density at radius 3 is 1.41 bits per heavy atom. The van der Waals surface area contributed by atoms with Crippen LogP contribution < -0.4 is 104 Å².